The second-order valence-electron chi connectivity index (χ2n) is 4.51. The Kier molecular flexibility index (Phi) is 21.3. The Morgan fingerprint density at radius 1 is 1.21 bits per heavy atom. The minimum atomic E-state index is -1.16. The zero-order valence-electron chi connectivity index (χ0n) is 11.3. The third kappa shape index (κ3) is 26.8. The van der Waals surface area contributed by atoms with E-state index in [1.165, 1.54) is 0 Å². The van der Waals surface area contributed by atoms with Gasteiger partial charge in [0.15, 0.2) is 0 Å². The molecule has 1 atom stereocenters. The summed E-state index contributed by atoms with van der Waals surface area (Å²) in [5, 5.41) is 20.6. The lowest BCUT2D eigenvalue weighted by atomic mass is 9.83. The minimum absolute atomic E-state index is 0. The number of hydrogen-bond donors (Lipinski definition) is 4. The summed E-state index contributed by atoms with van der Waals surface area (Å²) in [4.78, 5) is 16.2. The van der Waals surface area contributed by atoms with E-state index in [0.717, 1.165) is 32.2 Å². The van der Waals surface area contributed by atoms with Crippen LogP contribution in [0.4, 0.5) is 0 Å². The van der Waals surface area contributed by atoms with Crippen LogP contribution in [0.1, 0.15) is 47.0 Å². The van der Waals surface area contributed by atoms with Gasteiger partial charge in [-0.2, -0.15) is 9.59 Å². The Labute approximate surface area is 116 Å². The maximum absolute atomic E-state index is 8.63. The normalized spacial score (nSPS) is 10.8. The van der Waals surface area contributed by atoms with Gasteiger partial charge in [0.25, 0.3) is 0 Å². The van der Waals surface area contributed by atoms with Crippen LogP contribution in [0, 0.1) is 0 Å². The molecular weight excluding hydrogens is 247 g/mol. The molecule has 0 aromatic heterocycles. The van der Waals surface area contributed by atoms with Crippen LogP contribution in [0.5, 0.6) is 0 Å². The molecule has 0 aromatic rings. The van der Waals surface area contributed by atoms with Crippen molar-refractivity contribution < 1.29 is 19.6 Å². The highest BCUT2D eigenvalue weighted by Gasteiger charge is 2.07. The number of hydrogen-bond acceptors (Lipinski definition) is 6. The smallest absolute Gasteiger partial charge is 0.427 e. The van der Waals surface area contributed by atoms with E-state index in [1.807, 2.05) is 0 Å². The van der Waals surface area contributed by atoms with E-state index < -0.39 is 7.12 Å². The largest absolute Gasteiger partial charge is 0.451 e. The molecule has 0 saturated heterocycles. The van der Waals surface area contributed by atoms with Crippen molar-refractivity contribution in [3.8, 4) is 0 Å². The number of rotatable bonds is 9. The SMILES string of the molecule is C.CC(C)NCCC(N)CCCCB(O)O.O=C=O. The summed E-state index contributed by atoms with van der Waals surface area (Å²) < 4.78 is 0. The van der Waals surface area contributed by atoms with Crippen LogP contribution in [0.15, 0.2) is 0 Å². The summed E-state index contributed by atoms with van der Waals surface area (Å²) >= 11 is 0. The van der Waals surface area contributed by atoms with Crippen molar-refractivity contribution in [1.29, 1.82) is 0 Å². The highest BCUT2D eigenvalue weighted by molar-refractivity contribution is 6.40. The monoisotopic (exact) mass is 276 g/mol. The second-order valence-corrected chi connectivity index (χ2v) is 4.51. The van der Waals surface area contributed by atoms with Crippen molar-refractivity contribution in [3.05, 3.63) is 0 Å². The van der Waals surface area contributed by atoms with Gasteiger partial charge < -0.3 is 21.1 Å². The van der Waals surface area contributed by atoms with Crippen LogP contribution in [0.2, 0.25) is 6.32 Å². The molecule has 114 valence electrons. The van der Waals surface area contributed by atoms with E-state index >= 15 is 0 Å². The molecule has 1 unspecified atom stereocenters. The van der Waals surface area contributed by atoms with Crippen molar-refractivity contribution in [2.75, 3.05) is 6.54 Å². The predicted octanol–water partition coefficient (Wildman–Crippen LogP) is 0.398. The molecule has 0 radical (unpaired) electrons. The minimum Gasteiger partial charge on any atom is -0.427 e. The Morgan fingerprint density at radius 3 is 2.16 bits per heavy atom. The zero-order valence-corrected chi connectivity index (χ0v) is 11.3. The van der Waals surface area contributed by atoms with Gasteiger partial charge in [-0.15, -0.1) is 0 Å². The summed E-state index contributed by atoms with van der Waals surface area (Å²) in [6.07, 6.45) is 4.47. The molecule has 6 nitrogen and oxygen atoms in total. The first kappa shape index (κ1) is 23.4. The zero-order chi connectivity index (χ0) is 14.4. The van der Waals surface area contributed by atoms with E-state index in [-0.39, 0.29) is 19.6 Å². The average molecular weight is 276 g/mol. The topological polar surface area (TPSA) is 113 Å². The van der Waals surface area contributed by atoms with Crippen molar-refractivity contribution in [2.45, 2.75) is 65.4 Å². The first-order chi connectivity index (χ1) is 8.43. The van der Waals surface area contributed by atoms with Gasteiger partial charge in [0.2, 0.25) is 0 Å². The molecule has 7 heteroatoms. The van der Waals surface area contributed by atoms with E-state index in [0.29, 0.717) is 12.4 Å². The van der Waals surface area contributed by atoms with Crippen molar-refractivity contribution >= 4 is 13.3 Å². The lowest BCUT2D eigenvalue weighted by Gasteiger charge is -2.13. The van der Waals surface area contributed by atoms with Crippen molar-refractivity contribution in [3.63, 3.8) is 0 Å². The molecule has 0 aliphatic rings. The molecule has 0 saturated carbocycles. The fraction of sp³-hybridized carbons (Fsp3) is 0.917. The number of nitrogens with two attached hydrogens (primary N) is 1. The van der Waals surface area contributed by atoms with Gasteiger partial charge >= 0.3 is 13.3 Å². The molecular formula is C12H29BN2O4. The lowest BCUT2D eigenvalue weighted by molar-refractivity contribution is -0.191. The van der Waals surface area contributed by atoms with E-state index in [2.05, 4.69) is 19.2 Å². The molecule has 0 amide bonds. The van der Waals surface area contributed by atoms with Gasteiger partial charge in [0, 0.05) is 12.1 Å². The molecule has 5 N–H and O–H groups in total. The average Bonchev–Trinajstić information content (AvgIpc) is 2.25. The Morgan fingerprint density at radius 2 is 1.74 bits per heavy atom. The quantitative estimate of drug-likeness (QED) is 0.358. The highest BCUT2D eigenvalue weighted by atomic mass is 16.4. The van der Waals surface area contributed by atoms with Crippen LogP contribution in [-0.2, 0) is 9.59 Å². The first-order valence-electron chi connectivity index (χ1n) is 6.28. The van der Waals surface area contributed by atoms with Crippen LogP contribution >= 0.6 is 0 Å². The van der Waals surface area contributed by atoms with Gasteiger partial charge in [-0.25, -0.2) is 0 Å². The standard InChI is InChI=1S/C10H25BN2O2.CO2.CH4/c1-9(2)13-8-6-10(12)5-3-4-7-11(14)15;2-1-3;/h9-10,13-15H,3-8,12H2,1-2H3;;1H4. The molecule has 0 fully saturated rings. The Balaban J connectivity index is -0.000000580. The number of nitrogens with one attached hydrogen (secondary N) is 1. The molecule has 0 aliphatic carbocycles. The van der Waals surface area contributed by atoms with Gasteiger partial charge in [-0.3, -0.25) is 0 Å². The summed E-state index contributed by atoms with van der Waals surface area (Å²) in [6.45, 7) is 5.20. The summed E-state index contributed by atoms with van der Waals surface area (Å²) in [5.41, 5.74) is 5.91. The van der Waals surface area contributed by atoms with Crippen molar-refractivity contribution in [1.82, 2.24) is 5.32 Å². The maximum atomic E-state index is 8.63. The van der Waals surface area contributed by atoms with Gasteiger partial charge in [0.1, 0.15) is 0 Å². The molecule has 0 aliphatic heterocycles. The third-order valence-corrected chi connectivity index (χ3v) is 2.35. The molecule has 19 heavy (non-hydrogen) atoms. The molecule has 0 heterocycles. The third-order valence-electron chi connectivity index (χ3n) is 2.35. The summed E-state index contributed by atoms with van der Waals surface area (Å²) in [5.74, 6) is 0. The second kappa shape index (κ2) is 17.3. The fourth-order valence-corrected chi connectivity index (χ4v) is 1.44. The molecule has 0 bridgehead atoms. The van der Waals surface area contributed by atoms with E-state index in [9.17, 15) is 0 Å². The Hall–Kier alpha value is -0.715. The van der Waals surface area contributed by atoms with Gasteiger partial charge in [-0.05, 0) is 25.7 Å². The lowest BCUT2D eigenvalue weighted by Crippen LogP contribution is -2.30. The summed E-state index contributed by atoms with van der Waals surface area (Å²) in [6, 6.07) is 0.744. The highest BCUT2D eigenvalue weighted by Crippen LogP contribution is 2.05. The maximum Gasteiger partial charge on any atom is 0.451 e. The predicted molar refractivity (Wildman–Crippen MR) is 76.3 cm³/mol. The van der Waals surface area contributed by atoms with Crippen LogP contribution < -0.4 is 11.1 Å². The van der Waals surface area contributed by atoms with Crippen LogP contribution in [0.25, 0.3) is 0 Å². The van der Waals surface area contributed by atoms with Crippen LogP contribution in [0.3, 0.4) is 0 Å². The molecule has 0 aromatic carbocycles. The van der Waals surface area contributed by atoms with E-state index in [4.69, 9.17) is 25.4 Å². The number of unbranched alkanes of at least 4 members (excludes halogenated alkanes) is 1. The van der Waals surface area contributed by atoms with Gasteiger partial charge in [0.05, 0.1) is 0 Å². The van der Waals surface area contributed by atoms with Gasteiger partial charge in [-0.1, -0.05) is 34.1 Å². The summed E-state index contributed by atoms with van der Waals surface area (Å²) in [7, 11) is -1.16. The van der Waals surface area contributed by atoms with Crippen molar-refractivity contribution in [2.24, 2.45) is 5.73 Å². The molecule has 0 spiro atoms. The van der Waals surface area contributed by atoms with E-state index in [1.54, 1.807) is 0 Å². The first-order valence-corrected chi connectivity index (χ1v) is 6.28. The fourth-order valence-electron chi connectivity index (χ4n) is 1.44. The number of carbonyl (C=O) groups excluding carboxylic acids is 2. The van der Waals surface area contributed by atoms with Crippen LogP contribution in [-0.4, -0.2) is 41.9 Å². The molecule has 0 rings (SSSR count). The Bertz CT molecular complexity index is 210.